The minimum absolute atomic E-state index is 0.733. The van der Waals surface area contributed by atoms with E-state index in [-0.39, 0.29) is 0 Å². The molecule has 0 saturated heterocycles. The second-order valence-corrected chi connectivity index (χ2v) is 10.1. The van der Waals surface area contributed by atoms with Crippen LogP contribution in [0.2, 0.25) is 0 Å². The molecule has 1 unspecified atom stereocenters. The minimum atomic E-state index is -1.58. The third-order valence-electron chi connectivity index (χ3n) is 7.05. The maximum atomic E-state index is 13.4. The van der Waals surface area contributed by atoms with E-state index in [1.54, 1.807) is 0 Å². The molecule has 1 heterocycles. The molecule has 5 nitrogen and oxygen atoms in total. The Morgan fingerprint density at radius 2 is 1.11 bits per heavy atom. The van der Waals surface area contributed by atoms with Crippen LogP contribution in [0.15, 0.2) is 71.6 Å². The number of hydrogen-bond acceptors (Lipinski definition) is 5. The maximum absolute atomic E-state index is 13.4. The summed E-state index contributed by atoms with van der Waals surface area (Å²) in [6, 6.07) is 23.2. The van der Waals surface area contributed by atoms with E-state index in [4.69, 9.17) is 4.18 Å². The first-order chi connectivity index (χ1) is 16.9. The molecule has 1 aliphatic rings. The van der Waals surface area contributed by atoms with Crippen LogP contribution in [0.1, 0.15) is 44.4 Å². The van der Waals surface area contributed by atoms with Crippen molar-refractivity contribution in [2.45, 2.75) is 38.2 Å². The van der Waals surface area contributed by atoms with Crippen LogP contribution in [-0.2, 0) is 20.9 Å². The number of benzene rings is 3. The van der Waals surface area contributed by atoms with Crippen LogP contribution in [0.3, 0.4) is 0 Å². The van der Waals surface area contributed by atoms with E-state index in [1.807, 2.05) is 25.1 Å². The average molecular weight is 492 g/mol. The fraction of sp³-hybridized carbons (Fsp3) is 0.379. The first-order valence-electron chi connectivity index (χ1n) is 12.5. The molecule has 0 amide bonds. The lowest BCUT2D eigenvalue weighted by atomic mass is 9.80. The number of anilines is 3. The summed E-state index contributed by atoms with van der Waals surface area (Å²) in [4.78, 5) is 7.40. The van der Waals surface area contributed by atoms with Gasteiger partial charge in [-0.25, -0.2) is 4.21 Å². The van der Waals surface area contributed by atoms with Crippen LogP contribution in [0, 0.1) is 0 Å². The normalized spacial score (nSPS) is 16.1. The van der Waals surface area contributed by atoms with Gasteiger partial charge in [-0.15, -0.1) is 0 Å². The summed E-state index contributed by atoms with van der Waals surface area (Å²) >= 11 is -1.58. The van der Waals surface area contributed by atoms with E-state index < -0.39 is 16.7 Å². The van der Waals surface area contributed by atoms with Crippen LogP contribution in [-0.4, -0.2) is 44.5 Å². The largest absolute Gasteiger partial charge is 0.378 e. The molecular weight excluding hydrogens is 454 g/mol. The van der Waals surface area contributed by atoms with Gasteiger partial charge < -0.3 is 14.7 Å². The van der Waals surface area contributed by atoms with Gasteiger partial charge in [0.2, 0.25) is 0 Å². The van der Waals surface area contributed by atoms with E-state index in [1.165, 1.54) is 11.4 Å². The van der Waals surface area contributed by atoms with Crippen molar-refractivity contribution >= 4 is 28.1 Å². The molecule has 186 valence electrons. The van der Waals surface area contributed by atoms with Gasteiger partial charge in [-0.2, -0.15) is 0 Å². The smallest absolute Gasteiger partial charge is 0.191 e. The summed E-state index contributed by atoms with van der Waals surface area (Å²) in [5.74, 6) is 0. The van der Waals surface area contributed by atoms with Crippen molar-refractivity contribution in [2.24, 2.45) is 0 Å². The molecule has 1 aliphatic heterocycles. The summed E-state index contributed by atoms with van der Waals surface area (Å²) < 4.78 is 19.9. The average Bonchev–Trinajstić information content (AvgIpc) is 3.19. The van der Waals surface area contributed by atoms with Gasteiger partial charge in [0.25, 0.3) is 0 Å². The summed E-state index contributed by atoms with van der Waals surface area (Å²) in [6.45, 7) is 12.5. The van der Waals surface area contributed by atoms with E-state index in [2.05, 4.69) is 98.2 Å². The van der Waals surface area contributed by atoms with Gasteiger partial charge in [0.15, 0.2) is 16.7 Å². The SMILES string of the molecule is CCN(CC)c1ccc(C2(c3ccc(N(CC)CC)cc3)OS(=O)c3cc(N(C)C)ccc32)cc1. The Balaban J connectivity index is 1.89. The first kappa shape index (κ1) is 25.3. The number of nitrogens with zero attached hydrogens (tertiary/aromatic N) is 3. The van der Waals surface area contributed by atoms with Gasteiger partial charge in [0, 0.05) is 62.9 Å². The highest BCUT2D eigenvalue weighted by atomic mass is 32.2. The number of hydrogen-bond donors (Lipinski definition) is 0. The lowest BCUT2D eigenvalue weighted by Crippen LogP contribution is -2.29. The van der Waals surface area contributed by atoms with Gasteiger partial charge >= 0.3 is 0 Å². The van der Waals surface area contributed by atoms with Crippen molar-refractivity contribution in [3.63, 3.8) is 0 Å². The van der Waals surface area contributed by atoms with Gasteiger partial charge in [0.1, 0.15) is 0 Å². The molecule has 0 aromatic heterocycles. The first-order valence-corrected chi connectivity index (χ1v) is 13.6. The van der Waals surface area contributed by atoms with Gasteiger partial charge in [-0.3, -0.25) is 4.18 Å². The van der Waals surface area contributed by atoms with Crippen molar-refractivity contribution in [3.8, 4) is 0 Å². The quantitative estimate of drug-likeness (QED) is 0.379. The van der Waals surface area contributed by atoms with Gasteiger partial charge in [-0.1, -0.05) is 30.3 Å². The Kier molecular flexibility index (Phi) is 7.53. The lowest BCUT2D eigenvalue weighted by molar-refractivity contribution is 0.193. The highest BCUT2D eigenvalue weighted by Crippen LogP contribution is 2.50. The van der Waals surface area contributed by atoms with Crippen molar-refractivity contribution in [1.82, 2.24) is 0 Å². The van der Waals surface area contributed by atoms with Crippen molar-refractivity contribution in [2.75, 3.05) is 55.0 Å². The summed E-state index contributed by atoms with van der Waals surface area (Å²) in [5, 5.41) is 0. The van der Waals surface area contributed by atoms with E-state index >= 15 is 0 Å². The van der Waals surface area contributed by atoms with Crippen molar-refractivity contribution < 1.29 is 8.39 Å². The molecule has 1 atom stereocenters. The molecule has 0 aliphatic carbocycles. The third-order valence-corrected chi connectivity index (χ3v) is 8.14. The van der Waals surface area contributed by atoms with Gasteiger partial charge in [-0.05, 0) is 75.2 Å². The molecule has 6 heteroatoms. The standard InChI is InChI=1S/C29H37N3O2S/c1-7-31(8-2)24-15-11-22(12-16-24)29(23-13-17-25(18-14-23)32(9-3)10-4)27-20-19-26(30(5)6)21-28(27)35(33)34-29/h11-21H,7-10H2,1-6H3. The molecule has 3 aromatic rings. The topological polar surface area (TPSA) is 36.0 Å². The van der Waals surface area contributed by atoms with Crippen molar-refractivity contribution in [3.05, 3.63) is 83.4 Å². The highest BCUT2D eigenvalue weighted by molar-refractivity contribution is 7.80. The predicted octanol–water partition coefficient (Wildman–Crippen LogP) is 5.79. The van der Waals surface area contributed by atoms with E-state index in [9.17, 15) is 4.21 Å². The van der Waals surface area contributed by atoms with Crippen LogP contribution in [0.25, 0.3) is 0 Å². The third kappa shape index (κ3) is 4.45. The molecule has 0 fully saturated rings. The fourth-order valence-electron chi connectivity index (χ4n) is 4.99. The second-order valence-electron chi connectivity index (χ2n) is 9.01. The zero-order chi connectivity index (χ0) is 25.2. The van der Waals surface area contributed by atoms with E-state index in [0.717, 1.165) is 53.5 Å². The number of rotatable bonds is 9. The maximum Gasteiger partial charge on any atom is 0.191 e. The highest BCUT2D eigenvalue weighted by Gasteiger charge is 2.48. The fourth-order valence-corrected chi connectivity index (χ4v) is 6.19. The lowest BCUT2D eigenvalue weighted by Gasteiger charge is -2.31. The zero-order valence-electron chi connectivity index (χ0n) is 21.7. The summed E-state index contributed by atoms with van der Waals surface area (Å²) in [6.07, 6.45) is 0. The minimum Gasteiger partial charge on any atom is -0.378 e. The summed E-state index contributed by atoms with van der Waals surface area (Å²) in [7, 11) is 3.98. The van der Waals surface area contributed by atoms with Crippen LogP contribution in [0.4, 0.5) is 17.1 Å². The molecular formula is C29H37N3O2S. The van der Waals surface area contributed by atoms with Crippen LogP contribution < -0.4 is 14.7 Å². The second kappa shape index (κ2) is 10.4. The van der Waals surface area contributed by atoms with Gasteiger partial charge in [0.05, 0.1) is 4.90 Å². The molecule has 0 radical (unpaired) electrons. The van der Waals surface area contributed by atoms with Crippen molar-refractivity contribution in [1.29, 1.82) is 0 Å². The Labute approximate surface area is 213 Å². The Morgan fingerprint density at radius 3 is 1.51 bits per heavy atom. The van der Waals surface area contributed by atoms with E-state index in [0.29, 0.717) is 0 Å². The zero-order valence-corrected chi connectivity index (χ0v) is 22.6. The Hall–Kier alpha value is -2.83. The van der Waals surface area contributed by atoms with Crippen LogP contribution in [0.5, 0.6) is 0 Å². The molecule has 0 N–H and O–H groups in total. The molecule has 35 heavy (non-hydrogen) atoms. The number of fused-ring (bicyclic) bond motifs is 1. The Bertz CT molecular complexity index is 1110. The predicted molar refractivity (Wildman–Crippen MR) is 148 cm³/mol. The molecule has 0 spiro atoms. The van der Waals surface area contributed by atoms with Crippen LogP contribution >= 0.6 is 0 Å². The Morgan fingerprint density at radius 1 is 0.686 bits per heavy atom. The molecule has 0 bridgehead atoms. The molecule has 3 aromatic carbocycles. The summed E-state index contributed by atoms with van der Waals surface area (Å²) in [5.41, 5.74) is 5.32. The monoisotopic (exact) mass is 491 g/mol. The molecule has 0 saturated carbocycles. The molecule has 4 rings (SSSR count).